The van der Waals surface area contributed by atoms with Crippen molar-refractivity contribution in [3.05, 3.63) is 22.2 Å². The number of nitrogens with two attached hydrogens (primary N) is 1. The molecule has 1 rings (SSSR count). The van der Waals surface area contributed by atoms with E-state index in [1.807, 2.05) is 0 Å². The minimum absolute atomic E-state index is 0.0656. The van der Waals surface area contributed by atoms with Crippen LogP contribution in [0.25, 0.3) is 0 Å². The first-order chi connectivity index (χ1) is 8.57. The summed E-state index contributed by atoms with van der Waals surface area (Å²) in [5, 5.41) is 4.65. The van der Waals surface area contributed by atoms with Crippen LogP contribution in [0.15, 0.2) is 17.0 Å². The van der Waals surface area contributed by atoms with Crippen molar-refractivity contribution in [1.29, 1.82) is 0 Å². The first kappa shape index (κ1) is 16.5. The Morgan fingerprint density at radius 3 is 2.00 bits per heavy atom. The standard InChI is InChI=1S/C9H12Cl2N2O4S2/c1-2-3-18(14,15)13-9-7(10)4-6(5-8(9)11)19(12,16)17/h4-5,13H,2-3H2,1H3,(H2,12,16,17). The highest BCUT2D eigenvalue weighted by Gasteiger charge is 2.18. The van der Waals surface area contributed by atoms with Crippen molar-refractivity contribution in [2.24, 2.45) is 5.14 Å². The second-order valence-electron chi connectivity index (χ2n) is 3.73. The first-order valence-electron chi connectivity index (χ1n) is 5.09. The largest absolute Gasteiger partial charge is 0.281 e. The van der Waals surface area contributed by atoms with E-state index in [1.165, 1.54) is 0 Å². The van der Waals surface area contributed by atoms with Crippen molar-refractivity contribution in [3.8, 4) is 0 Å². The minimum atomic E-state index is -3.96. The highest BCUT2D eigenvalue weighted by atomic mass is 35.5. The predicted molar refractivity (Wildman–Crippen MR) is 75.5 cm³/mol. The summed E-state index contributed by atoms with van der Waals surface area (Å²) in [4.78, 5) is -0.291. The fraction of sp³-hybridized carbons (Fsp3) is 0.333. The van der Waals surface area contributed by atoms with E-state index in [0.717, 1.165) is 12.1 Å². The van der Waals surface area contributed by atoms with Crippen LogP contribution in [0.5, 0.6) is 0 Å². The van der Waals surface area contributed by atoms with Crippen LogP contribution >= 0.6 is 23.2 Å². The lowest BCUT2D eigenvalue weighted by Gasteiger charge is -2.11. The van der Waals surface area contributed by atoms with Crippen molar-refractivity contribution in [2.45, 2.75) is 18.2 Å². The van der Waals surface area contributed by atoms with Gasteiger partial charge in [-0.3, -0.25) is 4.72 Å². The molecule has 19 heavy (non-hydrogen) atoms. The first-order valence-corrected chi connectivity index (χ1v) is 9.04. The molecule has 0 saturated heterocycles. The normalized spacial score (nSPS) is 12.4. The average molecular weight is 347 g/mol. The minimum Gasteiger partial charge on any atom is -0.281 e. The highest BCUT2D eigenvalue weighted by Crippen LogP contribution is 2.33. The Kier molecular flexibility index (Phi) is 5.08. The molecule has 0 saturated carbocycles. The lowest BCUT2D eigenvalue weighted by Crippen LogP contribution is -2.17. The summed E-state index contributed by atoms with van der Waals surface area (Å²) in [6.07, 6.45) is 0.417. The summed E-state index contributed by atoms with van der Waals surface area (Å²) in [6, 6.07) is 2.07. The van der Waals surface area contributed by atoms with E-state index in [1.54, 1.807) is 6.92 Å². The van der Waals surface area contributed by atoms with E-state index in [4.69, 9.17) is 28.3 Å². The molecule has 0 fully saturated rings. The topological polar surface area (TPSA) is 106 Å². The molecule has 0 aliphatic rings. The van der Waals surface area contributed by atoms with E-state index >= 15 is 0 Å². The van der Waals surface area contributed by atoms with Gasteiger partial charge in [-0.25, -0.2) is 22.0 Å². The van der Waals surface area contributed by atoms with Gasteiger partial charge in [0.25, 0.3) is 0 Å². The second-order valence-corrected chi connectivity index (χ2v) is 7.95. The molecule has 0 aromatic heterocycles. The third-order valence-corrected chi connectivity index (χ3v) is 5.02. The Hall–Kier alpha value is -0.540. The van der Waals surface area contributed by atoms with Crippen LogP contribution in [0.3, 0.4) is 0 Å². The molecule has 1 aromatic carbocycles. The number of hydrogen-bond donors (Lipinski definition) is 2. The van der Waals surface area contributed by atoms with Gasteiger partial charge in [0.1, 0.15) is 0 Å². The monoisotopic (exact) mass is 346 g/mol. The Labute approximate surface area is 122 Å². The maximum Gasteiger partial charge on any atom is 0.238 e. The quantitative estimate of drug-likeness (QED) is 0.847. The van der Waals surface area contributed by atoms with Gasteiger partial charge in [0.05, 0.1) is 26.4 Å². The zero-order valence-electron chi connectivity index (χ0n) is 9.85. The fourth-order valence-electron chi connectivity index (χ4n) is 1.29. The molecular formula is C9H12Cl2N2O4S2. The zero-order chi connectivity index (χ0) is 14.8. The van der Waals surface area contributed by atoms with Crippen molar-refractivity contribution >= 4 is 48.9 Å². The van der Waals surface area contributed by atoms with E-state index in [0.29, 0.717) is 6.42 Å². The Morgan fingerprint density at radius 2 is 1.63 bits per heavy atom. The van der Waals surface area contributed by atoms with Gasteiger partial charge in [-0.05, 0) is 18.6 Å². The number of benzene rings is 1. The van der Waals surface area contributed by atoms with Gasteiger partial charge in [0.15, 0.2) is 0 Å². The van der Waals surface area contributed by atoms with Crippen LogP contribution in [-0.2, 0) is 20.0 Å². The van der Waals surface area contributed by atoms with Crippen LogP contribution in [0.2, 0.25) is 10.0 Å². The van der Waals surface area contributed by atoms with Gasteiger partial charge in [0.2, 0.25) is 20.0 Å². The Morgan fingerprint density at radius 1 is 1.16 bits per heavy atom. The summed E-state index contributed by atoms with van der Waals surface area (Å²) >= 11 is 11.6. The fourth-order valence-corrected chi connectivity index (χ4v) is 3.84. The molecule has 6 nitrogen and oxygen atoms in total. The number of sulfonamides is 2. The average Bonchev–Trinajstić information content (AvgIpc) is 2.21. The van der Waals surface area contributed by atoms with Crippen molar-refractivity contribution < 1.29 is 16.8 Å². The van der Waals surface area contributed by atoms with Crippen LogP contribution in [-0.4, -0.2) is 22.6 Å². The molecule has 3 N–H and O–H groups in total. The van der Waals surface area contributed by atoms with Crippen LogP contribution in [0.4, 0.5) is 5.69 Å². The third kappa shape index (κ3) is 4.50. The van der Waals surface area contributed by atoms with Gasteiger partial charge in [-0.1, -0.05) is 30.1 Å². The molecule has 0 spiro atoms. The smallest absolute Gasteiger partial charge is 0.238 e. The van der Waals surface area contributed by atoms with Crippen molar-refractivity contribution in [3.63, 3.8) is 0 Å². The lowest BCUT2D eigenvalue weighted by molar-refractivity contribution is 0.597. The van der Waals surface area contributed by atoms with Gasteiger partial charge >= 0.3 is 0 Å². The molecule has 0 heterocycles. The number of hydrogen-bond acceptors (Lipinski definition) is 4. The number of nitrogens with one attached hydrogen (secondary N) is 1. The van der Waals surface area contributed by atoms with E-state index < -0.39 is 20.0 Å². The second kappa shape index (κ2) is 5.84. The molecule has 0 bridgehead atoms. The van der Waals surface area contributed by atoms with E-state index in [2.05, 4.69) is 4.72 Å². The molecule has 0 amide bonds. The summed E-state index contributed by atoms with van der Waals surface area (Å²) < 4.78 is 47.8. The molecule has 0 atom stereocenters. The maximum atomic E-state index is 11.6. The summed E-state index contributed by atoms with van der Waals surface area (Å²) in [5.41, 5.74) is -0.0656. The molecule has 1 aromatic rings. The van der Waals surface area contributed by atoms with Crippen LogP contribution in [0.1, 0.15) is 13.3 Å². The molecule has 108 valence electrons. The SMILES string of the molecule is CCCS(=O)(=O)Nc1c(Cl)cc(S(N)(=O)=O)cc1Cl. The van der Waals surface area contributed by atoms with Crippen molar-refractivity contribution in [2.75, 3.05) is 10.5 Å². The van der Waals surface area contributed by atoms with Gasteiger partial charge < -0.3 is 0 Å². The third-order valence-electron chi connectivity index (χ3n) is 2.07. The molecule has 0 radical (unpaired) electrons. The van der Waals surface area contributed by atoms with E-state index in [-0.39, 0.29) is 26.4 Å². The number of halogens is 2. The zero-order valence-corrected chi connectivity index (χ0v) is 13.0. The van der Waals surface area contributed by atoms with E-state index in [9.17, 15) is 16.8 Å². The number of anilines is 1. The van der Waals surface area contributed by atoms with Gasteiger partial charge in [0, 0.05) is 0 Å². The molecule has 0 aliphatic heterocycles. The summed E-state index contributed by atoms with van der Waals surface area (Å²) in [6.45, 7) is 1.70. The summed E-state index contributed by atoms with van der Waals surface area (Å²) in [5.74, 6) is -0.101. The summed E-state index contributed by atoms with van der Waals surface area (Å²) in [7, 11) is -7.54. The van der Waals surface area contributed by atoms with Gasteiger partial charge in [-0.2, -0.15) is 0 Å². The molecule has 0 unspecified atom stereocenters. The maximum absolute atomic E-state index is 11.6. The van der Waals surface area contributed by atoms with Crippen LogP contribution in [0, 0.1) is 0 Å². The molecular weight excluding hydrogens is 335 g/mol. The van der Waals surface area contributed by atoms with Crippen LogP contribution < -0.4 is 9.86 Å². The molecule has 0 aliphatic carbocycles. The van der Waals surface area contributed by atoms with Crippen molar-refractivity contribution in [1.82, 2.24) is 0 Å². The number of rotatable bonds is 5. The number of primary sulfonamides is 1. The van der Waals surface area contributed by atoms with Gasteiger partial charge in [-0.15, -0.1) is 0 Å². The highest BCUT2D eigenvalue weighted by molar-refractivity contribution is 7.92. The molecule has 10 heteroatoms. The Bertz CT molecular complexity index is 663. The lowest BCUT2D eigenvalue weighted by atomic mass is 10.3. The Balaban J connectivity index is 3.26. The predicted octanol–water partition coefficient (Wildman–Crippen LogP) is 1.79.